The van der Waals surface area contributed by atoms with E-state index in [9.17, 15) is 0 Å². The summed E-state index contributed by atoms with van der Waals surface area (Å²) in [6.07, 6.45) is 0. The van der Waals surface area contributed by atoms with Crippen LogP contribution in [0, 0.1) is 0 Å². The second-order valence-corrected chi connectivity index (χ2v) is 5.59. The van der Waals surface area contributed by atoms with E-state index in [1.54, 1.807) is 0 Å². The Morgan fingerprint density at radius 1 is 1.25 bits per heavy atom. The van der Waals surface area contributed by atoms with Gasteiger partial charge in [0, 0.05) is 32.7 Å². The topological polar surface area (TPSA) is 41.7 Å². The molecule has 0 aliphatic carbocycles. The van der Waals surface area contributed by atoms with Crippen molar-refractivity contribution in [3.63, 3.8) is 0 Å². The average Bonchev–Trinajstić information content (AvgIpc) is 2.48. The van der Waals surface area contributed by atoms with Crippen LogP contribution in [-0.4, -0.2) is 60.2 Å². The molecular formula is C15H23N3OS. The Bertz CT molecular complexity index is 418. The van der Waals surface area contributed by atoms with E-state index in [0.29, 0.717) is 4.99 Å². The zero-order chi connectivity index (χ0) is 14.4. The largest absolute Gasteiger partial charge is 0.492 e. The van der Waals surface area contributed by atoms with Gasteiger partial charge in [0.15, 0.2) is 0 Å². The molecule has 2 rings (SSSR count). The maximum Gasteiger partial charge on any atom is 0.119 e. The monoisotopic (exact) mass is 293 g/mol. The van der Waals surface area contributed by atoms with Crippen molar-refractivity contribution in [3.8, 4) is 5.75 Å². The Morgan fingerprint density at radius 3 is 2.50 bits per heavy atom. The van der Waals surface area contributed by atoms with Crippen molar-refractivity contribution >= 4 is 17.2 Å². The molecule has 1 aromatic rings. The Balaban J connectivity index is 1.66. The van der Waals surface area contributed by atoms with Crippen molar-refractivity contribution < 1.29 is 4.74 Å². The second-order valence-electron chi connectivity index (χ2n) is 5.12. The van der Waals surface area contributed by atoms with Gasteiger partial charge in [-0.05, 0) is 19.1 Å². The van der Waals surface area contributed by atoms with E-state index < -0.39 is 0 Å². The van der Waals surface area contributed by atoms with E-state index in [2.05, 4.69) is 16.7 Å². The molecule has 20 heavy (non-hydrogen) atoms. The quantitative estimate of drug-likeness (QED) is 0.802. The molecule has 0 spiro atoms. The zero-order valence-corrected chi connectivity index (χ0v) is 12.8. The fraction of sp³-hybridized carbons (Fsp3) is 0.533. The molecule has 1 unspecified atom stereocenters. The molecule has 1 fully saturated rings. The van der Waals surface area contributed by atoms with E-state index in [0.717, 1.165) is 45.1 Å². The number of piperazine rings is 1. The molecular weight excluding hydrogens is 270 g/mol. The maximum atomic E-state index is 5.73. The lowest BCUT2D eigenvalue weighted by molar-refractivity contribution is 0.109. The molecule has 0 amide bonds. The lowest BCUT2D eigenvalue weighted by Gasteiger charge is -2.37. The van der Waals surface area contributed by atoms with Crippen LogP contribution in [0.5, 0.6) is 5.75 Å². The minimum Gasteiger partial charge on any atom is -0.492 e. The fourth-order valence-corrected chi connectivity index (χ4v) is 2.51. The highest BCUT2D eigenvalue weighted by Crippen LogP contribution is 2.09. The maximum absolute atomic E-state index is 5.73. The van der Waals surface area contributed by atoms with Gasteiger partial charge in [-0.1, -0.05) is 30.4 Å². The molecule has 1 heterocycles. The highest BCUT2D eigenvalue weighted by molar-refractivity contribution is 7.80. The summed E-state index contributed by atoms with van der Waals surface area (Å²) in [5.74, 6) is 0.938. The summed E-state index contributed by atoms with van der Waals surface area (Å²) in [5, 5.41) is 0. The second kappa shape index (κ2) is 7.57. The average molecular weight is 293 g/mol. The summed E-state index contributed by atoms with van der Waals surface area (Å²) in [7, 11) is 0. The lowest BCUT2D eigenvalue weighted by atomic mass is 10.2. The first kappa shape index (κ1) is 15.2. The molecule has 1 aliphatic heterocycles. The fourth-order valence-electron chi connectivity index (χ4n) is 2.36. The Kier molecular flexibility index (Phi) is 5.76. The highest BCUT2D eigenvalue weighted by Gasteiger charge is 2.22. The number of thiocarbonyl (C=S) groups is 1. The van der Waals surface area contributed by atoms with E-state index in [1.807, 2.05) is 30.3 Å². The standard InChI is InChI=1S/C15H23N3OS/c1-13(15(16)20)18-9-7-17(8-10-18)11-12-19-14-5-3-2-4-6-14/h2-6,13H,7-12H2,1H3,(H2,16,20). The van der Waals surface area contributed by atoms with Gasteiger partial charge in [0.2, 0.25) is 0 Å². The number of benzene rings is 1. The minimum atomic E-state index is 0.202. The molecule has 1 aliphatic rings. The van der Waals surface area contributed by atoms with Crippen LogP contribution in [0.2, 0.25) is 0 Å². The number of hydrogen-bond donors (Lipinski definition) is 1. The Hall–Kier alpha value is -1.17. The lowest BCUT2D eigenvalue weighted by Crippen LogP contribution is -2.53. The van der Waals surface area contributed by atoms with Gasteiger partial charge in [0.1, 0.15) is 12.4 Å². The first-order valence-electron chi connectivity index (χ1n) is 7.10. The molecule has 5 heteroatoms. The van der Waals surface area contributed by atoms with Crippen LogP contribution >= 0.6 is 12.2 Å². The minimum absolute atomic E-state index is 0.202. The molecule has 1 aromatic carbocycles. The van der Waals surface area contributed by atoms with Crippen molar-refractivity contribution in [2.45, 2.75) is 13.0 Å². The number of rotatable bonds is 6. The van der Waals surface area contributed by atoms with Crippen LogP contribution in [0.1, 0.15) is 6.92 Å². The summed E-state index contributed by atoms with van der Waals surface area (Å²) >= 11 is 5.06. The first-order valence-corrected chi connectivity index (χ1v) is 7.51. The van der Waals surface area contributed by atoms with Crippen molar-refractivity contribution in [3.05, 3.63) is 30.3 Å². The van der Waals surface area contributed by atoms with Crippen LogP contribution in [0.25, 0.3) is 0 Å². The molecule has 110 valence electrons. The summed E-state index contributed by atoms with van der Waals surface area (Å²) in [4.78, 5) is 5.36. The molecule has 1 saturated heterocycles. The number of nitrogens with zero attached hydrogens (tertiary/aromatic N) is 2. The van der Waals surface area contributed by atoms with Crippen molar-refractivity contribution in [1.82, 2.24) is 9.80 Å². The number of nitrogens with two attached hydrogens (primary N) is 1. The predicted molar refractivity (Wildman–Crippen MR) is 86.2 cm³/mol. The summed E-state index contributed by atoms with van der Waals surface area (Å²) in [5.41, 5.74) is 5.70. The zero-order valence-electron chi connectivity index (χ0n) is 12.0. The summed E-state index contributed by atoms with van der Waals surface area (Å²) in [6.45, 7) is 7.90. The number of ether oxygens (including phenoxy) is 1. The van der Waals surface area contributed by atoms with Crippen molar-refractivity contribution in [2.24, 2.45) is 5.73 Å². The SMILES string of the molecule is CC(C(N)=S)N1CCN(CCOc2ccccc2)CC1. The van der Waals surface area contributed by atoms with Gasteiger partial charge in [0.25, 0.3) is 0 Å². The first-order chi connectivity index (χ1) is 9.66. The van der Waals surface area contributed by atoms with E-state index in [-0.39, 0.29) is 6.04 Å². The van der Waals surface area contributed by atoms with E-state index in [4.69, 9.17) is 22.7 Å². The van der Waals surface area contributed by atoms with Gasteiger partial charge in [-0.2, -0.15) is 0 Å². The third-order valence-electron chi connectivity index (χ3n) is 3.79. The molecule has 2 N–H and O–H groups in total. The van der Waals surface area contributed by atoms with Crippen molar-refractivity contribution in [2.75, 3.05) is 39.3 Å². The molecule has 0 aromatic heterocycles. The van der Waals surface area contributed by atoms with Gasteiger partial charge in [-0.25, -0.2) is 0 Å². The number of hydrogen-bond acceptors (Lipinski definition) is 4. The molecule has 1 atom stereocenters. The van der Waals surface area contributed by atoms with Crippen LogP contribution < -0.4 is 10.5 Å². The normalized spacial score (nSPS) is 18.6. The van der Waals surface area contributed by atoms with E-state index in [1.165, 1.54) is 0 Å². The van der Waals surface area contributed by atoms with Gasteiger partial charge < -0.3 is 10.5 Å². The summed E-state index contributed by atoms with van der Waals surface area (Å²) < 4.78 is 5.73. The molecule has 4 nitrogen and oxygen atoms in total. The molecule has 0 saturated carbocycles. The van der Waals surface area contributed by atoms with Crippen molar-refractivity contribution in [1.29, 1.82) is 0 Å². The van der Waals surface area contributed by atoms with Crippen LogP contribution in [-0.2, 0) is 0 Å². The van der Waals surface area contributed by atoms with Crippen LogP contribution in [0.15, 0.2) is 30.3 Å². The predicted octanol–water partition coefficient (Wildman–Crippen LogP) is 1.36. The van der Waals surface area contributed by atoms with Crippen LogP contribution in [0.3, 0.4) is 0 Å². The van der Waals surface area contributed by atoms with Crippen LogP contribution in [0.4, 0.5) is 0 Å². The summed E-state index contributed by atoms with van der Waals surface area (Å²) in [6, 6.07) is 10.2. The third-order valence-corrected chi connectivity index (χ3v) is 4.13. The number of para-hydroxylation sites is 1. The van der Waals surface area contributed by atoms with Gasteiger partial charge >= 0.3 is 0 Å². The molecule has 0 radical (unpaired) electrons. The Labute approximate surface area is 126 Å². The van der Waals surface area contributed by atoms with Gasteiger partial charge in [0.05, 0.1) is 11.0 Å². The smallest absolute Gasteiger partial charge is 0.119 e. The van der Waals surface area contributed by atoms with E-state index >= 15 is 0 Å². The molecule has 0 bridgehead atoms. The highest BCUT2D eigenvalue weighted by atomic mass is 32.1. The third kappa shape index (κ3) is 4.44. The Morgan fingerprint density at radius 2 is 1.90 bits per heavy atom. The van der Waals surface area contributed by atoms with Gasteiger partial charge in [-0.15, -0.1) is 0 Å². The van der Waals surface area contributed by atoms with Gasteiger partial charge in [-0.3, -0.25) is 9.80 Å².